The Labute approximate surface area is 233 Å². The molecular formula is C32H34O8. The van der Waals surface area contributed by atoms with Gasteiger partial charge in [0.1, 0.15) is 13.2 Å². The van der Waals surface area contributed by atoms with Crippen LogP contribution in [-0.4, -0.2) is 63.1 Å². The molecule has 0 radical (unpaired) electrons. The molecule has 8 nitrogen and oxygen atoms in total. The van der Waals surface area contributed by atoms with E-state index >= 15 is 0 Å². The number of ether oxygens (including phenoxy) is 4. The highest BCUT2D eigenvalue weighted by atomic mass is 16.6. The van der Waals surface area contributed by atoms with Gasteiger partial charge in [0.2, 0.25) is 0 Å². The summed E-state index contributed by atoms with van der Waals surface area (Å²) in [6, 6.07) is 15.1. The zero-order valence-corrected chi connectivity index (χ0v) is 23.0. The number of cyclic esters (lactones) is 2. The van der Waals surface area contributed by atoms with Gasteiger partial charge in [-0.1, -0.05) is 42.5 Å². The summed E-state index contributed by atoms with van der Waals surface area (Å²) >= 11 is 0. The van der Waals surface area contributed by atoms with Crippen molar-refractivity contribution >= 4 is 34.3 Å². The number of esters is 2. The van der Waals surface area contributed by atoms with Crippen LogP contribution in [0.5, 0.6) is 0 Å². The molecule has 0 saturated carbocycles. The Morgan fingerprint density at radius 3 is 1.95 bits per heavy atom. The summed E-state index contributed by atoms with van der Waals surface area (Å²) in [6.07, 6.45) is 1.17. The van der Waals surface area contributed by atoms with Crippen LogP contribution in [0.15, 0.2) is 48.5 Å². The molecule has 0 unspecified atom stereocenters. The Hall–Kier alpha value is -3.88. The lowest BCUT2D eigenvalue weighted by molar-refractivity contribution is -0.146. The van der Waals surface area contributed by atoms with Gasteiger partial charge in [-0.05, 0) is 60.2 Å². The highest BCUT2D eigenvalue weighted by molar-refractivity contribution is 6.18. The minimum atomic E-state index is -0.350. The summed E-state index contributed by atoms with van der Waals surface area (Å²) in [5, 5.41) is 1.61. The van der Waals surface area contributed by atoms with Gasteiger partial charge in [0.15, 0.2) is 11.6 Å². The Balaban J connectivity index is 1.81. The van der Waals surface area contributed by atoms with Crippen LogP contribution in [0.1, 0.15) is 58.5 Å². The van der Waals surface area contributed by atoms with Crippen LogP contribution in [0, 0.1) is 0 Å². The summed E-state index contributed by atoms with van der Waals surface area (Å²) < 4.78 is 21.5. The van der Waals surface area contributed by atoms with Crippen LogP contribution in [-0.2, 0) is 41.4 Å². The highest BCUT2D eigenvalue weighted by Crippen LogP contribution is 2.38. The molecule has 1 aliphatic heterocycles. The van der Waals surface area contributed by atoms with Crippen LogP contribution in [0.4, 0.5) is 0 Å². The number of fused-ring (bicyclic) bond motifs is 3. The van der Waals surface area contributed by atoms with Gasteiger partial charge < -0.3 is 18.9 Å². The molecule has 2 bridgehead atoms. The highest BCUT2D eigenvalue weighted by Gasteiger charge is 2.23. The maximum Gasteiger partial charge on any atom is 0.306 e. The number of ketones is 2. The van der Waals surface area contributed by atoms with Crippen LogP contribution in [0.3, 0.4) is 0 Å². The quantitative estimate of drug-likeness (QED) is 0.330. The molecule has 3 aromatic carbocycles. The average molecular weight is 547 g/mol. The number of carbonyl (C=O) groups is 4. The lowest BCUT2D eigenvalue weighted by Gasteiger charge is -2.19. The molecule has 40 heavy (non-hydrogen) atoms. The molecule has 4 rings (SSSR count). The number of Topliss-reactive ketones (excluding diaryl/α,β-unsaturated/α-hetero) is 2. The molecule has 8 heteroatoms. The molecule has 0 amide bonds. The van der Waals surface area contributed by atoms with E-state index in [0.717, 1.165) is 27.5 Å². The first-order valence-corrected chi connectivity index (χ1v) is 13.5. The van der Waals surface area contributed by atoms with Gasteiger partial charge in [-0.3, -0.25) is 19.2 Å². The van der Waals surface area contributed by atoms with Crippen molar-refractivity contribution in [1.82, 2.24) is 0 Å². The van der Waals surface area contributed by atoms with E-state index in [0.29, 0.717) is 42.7 Å². The fourth-order valence-electron chi connectivity index (χ4n) is 4.93. The first-order valence-electron chi connectivity index (χ1n) is 13.5. The van der Waals surface area contributed by atoms with Gasteiger partial charge in [0.05, 0.1) is 26.4 Å². The van der Waals surface area contributed by atoms with Crippen LogP contribution in [0.25, 0.3) is 21.9 Å². The molecule has 0 N–H and O–H groups in total. The zero-order chi connectivity index (χ0) is 28.5. The van der Waals surface area contributed by atoms with Crippen molar-refractivity contribution in [3.63, 3.8) is 0 Å². The molecule has 1 heterocycles. The first kappa shape index (κ1) is 29.1. The maximum atomic E-state index is 13.1. The second-order valence-electron chi connectivity index (χ2n) is 9.67. The summed E-state index contributed by atoms with van der Waals surface area (Å²) in [6.45, 7) is 4.36. The van der Waals surface area contributed by atoms with Gasteiger partial charge >= 0.3 is 11.9 Å². The maximum absolute atomic E-state index is 13.1. The smallest absolute Gasteiger partial charge is 0.306 e. The Morgan fingerprint density at radius 2 is 1.30 bits per heavy atom. The van der Waals surface area contributed by atoms with E-state index in [9.17, 15) is 19.2 Å². The average Bonchev–Trinajstić information content (AvgIpc) is 2.94. The third kappa shape index (κ3) is 7.40. The van der Waals surface area contributed by atoms with E-state index in [4.69, 9.17) is 18.9 Å². The Kier molecular flexibility index (Phi) is 10.2. The van der Waals surface area contributed by atoms with Crippen molar-refractivity contribution in [2.45, 2.75) is 39.5 Å². The largest absolute Gasteiger partial charge is 0.463 e. The summed E-state index contributed by atoms with van der Waals surface area (Å²) in [5.41, 5.74) is 3.86. The summed E-state index contributed by atoms with van der Waals surface area (Å²) in [4.78, 5) is 50.6. The van der Waals surface area contributed by atoms with E-state index in [1.165, 1.54) is 13.8 Å². The van der Waals surface area contributed by atoms with Gasteiger partial charge in [-0.2, -0.15) is 0 Å². The summed E-state index contributed by atoms with van der Waals surface area (Å²) in [7, 11) is 0. The molecule has 0 fully saturated rings. The molecule has 1 aliphatic rings. The normalized spacial score (nSPS) is 16.2. The monoisotopic (exact) mass is 546 g/mol. The number of aryl methyl sites for hydroxylation is 2. The zero-order valence-electron chi connectivity index (χ0n) is 23.0. The van der Waals surface area contributed by atoms with Crippen LogP contribution < -0.4 is 0 Å². The second kappa shape index (κ2) is 14.0. The fourth-order valence-corrected chi connectivity index (χ4v) is 4.93. The molecule has 3 aromatic rings. The lowest BCUT2D eigenvalue weighted by Crippen LogP contribution is -2.15. The number of benzene rings is 3. The first-order chi connectivity index (χ1) is 19.3. The topological polar surface area (TPSA) is 105 Å². The van der Waals surface area contributed by atoms with Crippen molar-refractivity contribution in [3.8, 4) is 11.1 Å². The molecule has 0 aliphatic carbocycles. The van der Waals surface area contributed by atoms with Crippen LogP contribution >= 0.6 is 0 Å². The van der Waals surface area contributed by atoms with Crippen LogP contribution in [0.2, 0.25) is 0 Å². The predicted molar refractivity (Wildman–Crippen MR) is 150 cm³/mol. The van der Waals surface area contributed by atoms with E-state index in [1.807, 2.05) is 42.5 Å². The van der Waals surface area contributed by atoms with Gasteiger partial charge in [-0.15, -0.1) is 0 Å². The Morgan fingerprint density at radius 1 is 0.675 bits per heavy atom. The van der Waals surface area contributed by atoms with E-state index in [2.05, 4.69) is 0 Å². The SMILES string of the molecule is CC(=O)c1cc2cccc3c2c(c1C(C)=O)-c1cccc(c1)CCC(=O)OCCOCCOCCOC(=O)CC3. The molecular weight excluding hydrogens is 512 g/mol. The third-order valence-electron chi connectivity index (χ3n) is 6.77. The minimum Gasteiger partial charge on any atom is -0.463 e. The van der Waals surface area contributed by atoms with Crippen molar-refractivity contribution in [1.29, 1.82) is 0 Å². The van der Waals surface area contributed by atoms with E-state index < -0.39 is 0 Å². The van der Waals surface area contributed by atoms with Crippen molar-refractivity contribution < 1.29 is 38.1 Å². The number of rotatable bonds is 2. The van der Waals surface area contributed by atoms with Crippen molar-refractivity contribution in [3.05, 3.63) is 70.8 Å². The van der Waals surface area contributed by atoms with Crippen molar-refractivity contribution in [2.24, 2.45) is 0 Å². The fraction of sp³-hybridized carbons (Fsp3) is 0.375. The third-order valence-corrected chi connectivity index (χ3v) is 6.77. The predicted octanol–water partition coefficient (Wildman–Crippen LogP) is 4.91. The molecule has 210 valence electrons. The van der Waals surface area contributed by atoms with Gasteiger partial charge in [0, 0.05) is 29.5 Å². The molecule has 0 spiro atoms. The minimum absolute atomic E-state index is 0.125. The molecule has 0 saturated heterocycles. The molecule has 0 atom stereocenters. The lowest BCUT2D eigenvalue weighted by atomic mass is 9.84. The molecule has 0 aromatic heterocycles. The Bertz CT molecular complexity index is 1410. The second-order valence-corrected chi connectivity index (χ2v) is 9.67. The number of hydrogen-bond donors (Lipinski definition) is 0. The van der Waals surface area contributed by atoms with Gasteiger partial charge in [-0.25, -0.2) is 0 Å². The van der Waals surface area contributed by atoms with E-state index in [1.54, 1.807) is 6.07 Å². The van der Waals surface area contributed by atoms with Gasteiger partial charge in [0.25, 0.3) is 0 Å². The standard InChI is InChI=1S/C32H34O8/c1-21(33)27-20-26-8-4-6-24-10-12-29(36)40-18-16-38-14-13-37-15-17-39-28(35)11-9-23-5-3-7-25(19-23)32(31(24)26)30(27)22(2)34/h3-8,19-20H,9-18H2,1-2H3. The number of hydrogen-bond acceptors (Lipinski definition) is 8. The van der Waals surface area contributed by atoms with Crippen molar-refractivity contribution in [2.75, 3.05) is 39.6 Å². The van der Waals surface area contributed by atoms with E-state index in [-0.39, 0.29) is 62.8 Å². The number of carbonyl (C=O) groups excluding carboxylic acids is 4. The summed E-state index contributed by atoms with van der Waals surface area (Å²) in [5.74, 6) is -1.11.